The number of morpholine rings is 1. The minimum absolute atomic E-state index is 0.210. The van der Waals surface area contributed by atoms with Gasteiger partial charge in [-0.05, 0) is 24.8 Å². The van der Waals surface area contributed by atoms with Crippen LogP contribution < -0.4 is 0 Å². The summed E-state index contributed by atoms with van der Waals surface area (Å²) in [7, 11) is 0. The van der Waals surface area contributed by atoms with Gasteiger partial charge in [-0.1, -0.05) is 30.3 Å². The molecule has 0 saturated carbocycles. The lowest BCUT2D eigenvalue weighted by Crippen LogP contribution is -2.51. The molecule has 0 aliphatic carbocycles. The molecule has 0 bridgehead atoms. The average Bonchev–Trinajstić information content (AvgIpc) is 2.76. The van der Waals surface area contributed by atoms with Gasteiger partial charge in [0, 0.05) is 58.7 Å². The van der Waals surface area contributed by atoms with Crippen LogP contribution >= 0.6 is 0 Å². The van der Waals surface area contributed by atoms with Gasteiger partial charge in [-0.3, -0.25) is 14.5 Å². The molecule has 2 saturated heterocycles. The third-order valence-electron chi connectivity index (χ3n) is 5.68. The molecule has 6 nitrogen and oxygen atoms in total. The summed E-state index contributed by atoms with van der Waals surface area (Å²) in [6.07, 6.45) is 4.16. The van der Waals surface area contributed by atoms with Gasteiger partial charge in [-0.25, -0.2) is 0 Å². The second-order valence-corrected chi connectivity index (χ2v) is 7.66. The first-order valence-corrected chi connectivity index (χ1v) is 10.6. The predicted molar refractivity (Wildman–Crippen MR) is 109 cm³/mol. The number of rotatable bonds is 8. The lowest BCUT2D eigenvalue weighted by molar-refractivity contribution is -0.139. The number of carbonyl (C=O) groups is 2. The number of amides is 2. The molecule has 0 atom stereocenters. The topological polar surface area (TPSA) is 53.1 Å². The maximum atomic E-state index is 12.4. The molecule has 6 heteroatoms. The summed E-state index contributed by atoms with van der Waals surface area (Å²) in [4.78, 5) is 31.0. The van der Waals surface area contributed by atoms with E-state index in [0.717, 1.165) is 52.1 Å². The van der Waals surface area contributed by atoms with Crippen LogP contribution in [0.5, 0.6) is 0 Å². The average molecular weight is 388 g/mol. The first-order chi connectivity index (χ1) is 13.7. The van der Waals surface area contributed by atoms with Crippen LogP contribution in [0.25, 0.3) is 0 Å². The molecule has 3 rings (SSSR count). The van der Waals surface area contributed by atoms with E-state index in [2.05, 4.69) is 29.2 Å². The Hall–Kier alpha value is -1.92. The molecular weight excluding hydrogens is 354 g/mol. The fourth-order valence-electron chi connectivity index (χ4n) is 3.85. The first kappa shape index (κ1) is 20.8. The number of hydrogen-bond donors (Lipinski definition) is 0. The standard InChI is InChI=1S/C22H33N3O3/c26-21(9-5-4-8-20-6-2-1-3-7-20)24-12-14-25(15-13-24)22(27)10-11-23-16-18-28-19-17-23/h1-3,6-7H,4-5,8-19H2. The maximum Gasteiger partial charge on any atom is 0.223 e. The Bertz CT molecular complexity index is 609. The molecule has 0 spiro atoms. The second-order valence-electron chi connectivity index (χ2n) is 7.66. The summed E-state index contributed by atoms with van der Waals surface area (Å²) in [5.41, 5.74) is 1.33. The smallest absolute Gasteiger partial charge is 0.223 e. The minimum Gasteiger partial charge on any atom is -0.379 e. The predicted octanol–water partition coefficient (Wildman–Crippen LogP) is 1.79. The van der Waals surface area contributed by atoms with Crippen molar-refractivity contribution >= 4 is 11.8 Å². The summed E-state index contributed by atoms with van der Waals surface area (Å²) in [5, 5.41) is 0. The van der Waals surface area contributed by atoms with E-state index in [1.165, 1.54) is 5.56 Å². The van der Waals surface area contributed by atoms with Crippen LogP contribution in [0.3, 0.4) is 0 Å². The Morgan fingerprint density at radius 1 is 0.786 bits per heavy atom. The summed E-state index contributed by atoms with van der Waals surface area (Å²) in [5.74, 6) is 0.440. The molecule has 2 heterocycles. The molecule has 2 aliphatic rings. The van der Waals surface area contributed by atoms with E-state index < -0.39 is 0 Å². The van der Waals surface area contributed by atoms with E-state index in [4.69, 9.17) is 4.74 Å². The molecule has 0 radical (unpaired) electrons. The molecule has 0 aromatic heterocycles. The van der Waals surface area contributed by atoms with Gasteiger partial charge in [0.15, 0.2) is 0 Å². The quantitative estimate of drug-likeness (QED) is 0.638. The van der Waals surface area contributed by atoms with Gasteiger partial charge in [0.25, 0.3) is 0 Å². The Kier molecular flexibility index (Phi) is 8.30. The number of unbranched alkanes of at least 4 members (excludes halogenated alkanes) is 1. The largest absolute Gasteiger partial charge is 0.379 e. The van der Waals surface area contributed by atoms with E-state index in [1.807, 2.05) is 15.9 Å². The van der Waals surface area contributed by atoms with Gasteiger partial charge in [0.2, 0.25) is 11.8 Å². The minimum atomic E-state index is 0.210. The van der Waals surface area contributed by atoms with Crippen molar-refractivity contribution in [3.63, 3.8) is 0 Å². The van der Waals surface area contributed by atoms with Crippen molar-refractivity contribution in [2.45, 2.75) is 32.1 Å². The van der Waals surface area contributed by atoms with Gasteiger partial charge in [0.1, 0.15) is 0 Å². The third kappa shape index (κ3) is 6.60. The highest BCUT2D eigenvalue weighted by atomic mass is 16.5. The highest BCUT2D eigenvalue weighted by Gasteiger charge is 2.24. The van der Waals surface area contributed by atoms with E-state index in [-0.39, 0.29) is 11.8 Å². The fourth-order valence-corrected chi connectivity index (χ4v) is 3.85. The van der Waals surface area contributed by atoms with Crippen molar-refractivity contribution in [2.75, 3.05) is 59.0 Å². The van der Waals surface area contributed by atoms with E-state index in [0.29, 0.717) is 39.0 Å². The second kappa shape index (κ2) is 11.2. The molecule has 1 aromatic carbocycles. The normalized spacial score (nSPS) is 18.3. The van der Waals surface area contributed by atoms with Crippen molar-refractivity contribution in [3.05, 3.63) is 35.9 Å². The van der Waals surface area contributed by atoms with E-state index in [1.54, 1.807) is 0 Å². The summed E-state index contributed by atoms with van der Waals surface area (Å²) in [6.45, 7) is 6.83. The third-order valence-corrected chi connectivity index (χ3v) is 5.68. The van der Waals surface area contributed by atoms with E-state index >= 15 is 0 Å². The van der Waals surface area contributed by atoms with Crippen LogP contribution in [0.1, 0.15) is 31.2 Å². The number of hydrogen-bond acceptors (Lipinski definition) is 4. The zero-order valence-corrected chi connectivity index (χ0v) is 16.9. The molecule has 2 amide bonds. The van der Waals surface area contributed by atoms with Gasteiger partial charge in [0.05, 0.1) is 13.2 Å². The van der Waals surface area contributed by atoms with Gasteiger partial charge in [-0.2, -0.15) is 0 Å². The number of ether oxygens (including phenoxy) is 1. The summed E-state index contributed by atoms with van der Waals surface area (Å²) >= 11 is 0. The SMILES string of the molecule is O=C(CCCCc1ccccc1)N1CCN(C(=O)CCN2CCOCC2)CC1. The van der Waals surface area contributed by atoms with Crippen LogP contribution in [-0.2, 0) is 20.7 Å². The van der Waals surface area contributed by atoms with E-state index in [9.17, 15) is 9.59 Å². The molecule has 0 unspecified atom stereocenters. The van der Waals surface area contributed by atoms with Crippen LogP contribution in [0.4, 0.5) is 0 Å². The number of carbonyl (C=O) groups excluding carboxylic acids is 2. The van der Waals surface area contributed by atoms with Crippen molar-refractivity contribution in [2.24, 2.45) is 0 Å². The Morgan fingerprint density at radius 3 is 2.04 bits per heavy atom. The zero-order valence-electron chi connectivity index (χ0n) is 16.9. The molecule has 2 aliphatic heterocycles. The Labute approximate surface area is 168 Å². The zero-order chi connectivity index (χ0) is 19.6. The van der Waals surface area contributed by atoms with Gasteiger partial charge in [-0.15, -0.1) is 0 Å². The summed E-state index contributed by atoms with van der Waals surface area (Å²) < 4.78 is 5.34. The van der Waals surface area contributed by atoms with Gasteiger partial charge >= 0.3 is 0 Å². The Balaban J connectivity index is 1.28. The molecule has 0 N–H and O–H groups in total. The van der Waals surface area contributed by atoms with Crippen molar-refractivity contribution in [3.8, 4) is 0 Å². The van der Waals surface area contributed by atoms with Crippen LogP contribution in [0.15, 0.2) is 30.3 Å². The Morgan fingerprint density at radius 2 is 1.39 bits per heavy atom. The molecule has 1 aromatic rings. The van der Waals surface area contributed by atoms with Crippen LogP contribution in [-0.4, -0.2) is 85.5 Å². The first-order valence-electron chi connectivity index (χ1n) is 10.6. The lowest BCUT2D eigenvalue weighted by Gasteiger charge is -2.35. The fraction of sp³-hybridized carbons (Fsp3) is 0.636. The summed E-state index contributed by atoms with van der Waals surface area (Å²) in [6, 6.07) is 10.4. The van der Waals surface area contributed by atoms with Crippen molar-refractivity contribution < 1.29 is 14.3 Å². The van der Waals surface area contributed by atoms with Crippen LogP contribution in [0, 0.1) is 0 Å². The molecule has 28 heavy (non-hydrogen) atoms. The number of nitrogens with zero attached hydrogens (tertiary/aromatic N) is 3. The molecule has 154 valence electrons. The highest BCUT2D eigenvalue weighted by Crippen LogP contribution is 2.10. The number of benzene rings is 1. The maximum absolute atomic E-state index is 12.4. The highest BCUT2D eigenvalue weighted by molar-refractivity contribution is 5.78. The number of aryl methyl sites for hydroxylation is 1. The van der Waals surface area contributed by atoms with Crippen molar-refractivity contribution in [1.29, 1.82) is 0 Å². The molecule has 2 fully saturated rings. The molecular formula is C22H33N3O3. The van der Waals surface area contributed by atoms with Crippen LogP contribution in [0.2, 0.25) is 0 Å². The monoisotopic (exact) mass is 387 g/mol. The lowest BCUT2D eigenvalue weighted by atomic mass is 10.1. The number of piperazine rings is 1. The van der Waals surface area contributed by atoms with Crippen molar-refractivity contribution in [1.82, 2.24) is 14.7 Å². The van der Waals surface area contributed by atoms with Gasteiger partial charge < -0.3 is 14.5 Å².